The molecule has 3 heterocycles. The lowest BCUT2D eigenvalue weighted by atomic mass is 9.78. The van der Waals surface area contributed by atoms with Gasteiger partial charge in [-0.15, -0.1) is 0 Å². The average Bonchev–Trinajstić information content (AvgIpc) is 2.46. The van der Waals surface area contributed by atoms with Crippen LogP contribution < -0.4 is 0 Å². The first-order valence-corrected chi connectivity index (χ1v) is 9.26. The normalized spacial score (nSPS) is 29.1. The third kappa shape index (κ3) is 4.00. The van der Waals surface area contributed by atoms with Crippen molar-refractivity contribution in [2.75, 3.05) is 52.9 Å². The van der Waals surface area contributed by atoms with Gasteiger partial charge in [0.25, 0.3) is 0 Å². The summed E-state index contributed by atoms with van der Waals surface area (Å²) < 4.78 is 0. The summed E-state index contributed by atoms with van der Waals surface area (Å²) in [4.78, 5) is 7.86. The fraction of sp³-hybridized carbons (Fsp3) is 1.00. The van der Waals surface area contributed by atoms with Crippen molar-refractivity contribution < 1.29 is 0 Å². The first-order valence-electron chi connectivity index (χ1n) is 9.26. The highest BCUT2D eigenvalue weighted by molar-refractivity contribution is 4.85. The summed E-state index contributed by atoms with van der Waals surface area (Å²) in [7, 11) is 2.24. The van der Waals surface area contributed by atoms with Gasteiger partial charge < -0.3 is 14.7 Å². The van der Waals surface area contributed by atoms with Crippen molar-refractivity contribution in [3.63, 3.8) is 0 Å². The molecule has 3 rings (SSSR count). The van der Waals surface area contributed by atoms with Gasteiger partial charge in [0.05, 0.1) is 0 Å². The fourth-order valence-corrected chi connectivity index (χ4v) is 4.82. The molecule has 3 aliphatic heterocycles. The minimum absolute atomic E-state index is 0.744. The Morgan fingerprint density at radius 3 is 1.86 bits per heavy atom. The summed E-state index contributed by atoms with van der Waals surface area (Å²) in [5, 5.41) is 0. The molecule has 0 aromatic rings. The molecule has 0 aliphatic carbocycles. The third-order valence-corrected chi connectivity index (χ3v) is 6.26. The number of piperidine rings is 2. The van der Waals surface area contributed by atoms with Gasteiger partial charge in [-0.3, -0.25) is 0 Å². The molecule has 0 amide bonds. The number of rotatable bonds is 4. The lowest BCUT2D eigenvalue weighted by molar-refractivity contribution is 0.0522. The predicted octanol–water partition coefficient (Wildman–Crippen LogP) is 2.38. The molecule has 0 radical (unpaired) electrons. The molecule has 3 fully saturated rings. The molecule has 0 atom stereocenters. The number of hydrogen-bond donors (Lipinski definition) is 0. The summed E-state index contributed by atoms with van der Waals surface area (Å²) >= 11 is 0. The molecule has 0 aromatic heterocycles. The largest absolute Gasteiger partial charge is 0.306 e. The van der Waals surface area contributed by atoms with Gasteiger partial charge in [0, 0.05) is 25.7 Å². The van der Waals surface area contributed by atoms with E-state index in [4.69, 9.17) is 0 Å². The van der Waals surface area contributed by atoms with Gasteiger partial charge in [0.1, 0.15) is 0 Å². The van der Waals surface area contributed by atoms with Crippen LogP contribution in [0.2, 0.25) is 0 Å². The predicted molar refractivity (Wildman–Crippen MR) is 89.6 cm³/mol. The number of nitrogens with zero attached hydrogens (tertiary/aromatic N) is 3. The van der Waals surface area contributed by atoms with E-state index in [0.717, 1.165) is 23.8 Å². The zero-order valence-electron chi connectivity index (χ0n) is 14.4. The second-order valence-electron chi connectivity index (χ2n) is 8.19. The van der Waals surface area contributed by atoms with Crippen LogP contribution in [-0.2, 0) is 0 Å². The summed E-state index contributed by atoms with van der Waals surface area (Å²) in [6.07, 6.45) is 5.84. The van der Waals surface area contributed by atoms with Crippen molar-refractivity contribution in [2.45, 2.75) is 45.6 Å². The molecule has 0 aromatic carbocycles. The average molecular weight is 293 g/mol. The van der Waals surface area contributed by atoms with E-state index in [9.17, 15) is 0 Å². The van der Waals surface area contributed by atoms with E-state index in [-0.39, 0.29) is 0 Å². The summed E-state index contributed by atoms with van der Waals surface area (Å²) in [5.41, 5.74) is 0. The minimum atomic E-state index is 0.744. The van der Waals surface area contributed by atoms with Crippen molar-refractivity contribution in [3.8, 4) is 0 Å². The van der Waals surface area contributed by atoms with Crippen LogP contribution in [0.25, 0.3) is 0 Å². The summed E-state index contributed by atoms with van der Waals surface area (Å²) in [6, 6.07) is 0.744. The zero-order chi connectivity index (χ0) is 14.8. The molecule has 21 heavy (non-hydrogen) atoms. The molecule has 3 aliphatic rings. The van der Waals surface area contributed by atoms with Crippen LogP contribution in [0.4, 0.5) is 0 Å². The molecule has 3 heteroatoms. The van der Waals surface area contributed by atoms with Crippen LogP contribution in [-0.4, -0.2) is 73.6 Å². The van der Waals surface area contributed by atoms with Crippen molar-refractivity contribution in [3.05, 3.63) is 0 Å². The Kier molecular flexibility index (Phi) is 5.23. The van der Waals surface area contributed by atoms with Crippen LogP contribution in [0.1, 0.15) is 39.5 Å². The Bertz CT molecular complexity index is 308. The van der Waals surface area contributed by atoms with Crippen molar-refractivity contribution in [1.82, 2.24) is 14.7 Å². The lowest BCUT2D eigenvalue weighted by Crippen LogP contribution is -2.51. The van der Waals surface area contributed by atoms with E-state index in [1.54, 1.807) is 0 Å². The molecule has 0 spiro atoms. The van der Waals surface area contributed by atoms with Gasteiger partial charge in [-0.05, 0) is 90.5 Å². The molecule has 0 unspecified atom stereocenters. The first kappa shape index (κ1) is 15.8. The van der Waals surface area contributed by atoms with E-state index in [1.807, 2.05) is 0 Å². The van der Waals surface area contributed by atoms with E-state index in [2.05, 4.69) is 35.6 Å². The van der Waals surface area contributed by atoms with Gasteiger partial charge in [-0.25, -0.2) is 0 Å². The van der Waals surface area contributed by atoms with E-state index < -0.39 is 0 Å². The highest BCUT2D eigenvalue weighted by atomic mass is 15.2. The van der Waals surface area contributed by atoms with Crippen LogP contribution in [0, 0.1) is 17.8 Å². The Labute approximate surface area is 131 Å². The standard InChI is InChI=1S/C18H35N3/c1-15(2)21-10-6-18(7-11-21)17-4-8-20(9-5-17)14-16-12-19(3)13-16/h15-18H,4-14H2,1-3H3. The van der Waals surface area contributed by atoms with Crippen molar-refractivity contribution in [2.24, 2.45) is 17.8 Å². The van der Waals surface area contributed by atoms with Crippen molar-refractivity contribution in [1.29, 1.82) is 0 Å². The van der Waals surface area contributed by atoms with Crippen molar-refractivity contribution >= 4 is 0 Å². The van der Waals surface area contributed by atoms with E-state index >= 15 is 0 Å². The Morgan fingerprint density at radius 1 is 0.857 bits per heavy atom. The molecule has 122 valence electrons. The highest BCUT2D eigenvalue weighted by Crippen LogP contribution is 2.33. The maximum atomic E-state index is 2.75. The van der Waals surface area contributed by atoms with E-state index in [0.29, 0.717) is 0 Å². The van der Waals surface area contributed by atoms with Crippen LogP contribution in [0.15, 0.2) is 0 Å². The van der Waals surface area contributed by atoms with Crippen LogP contribution >= 0.6 is 0 Å². The third-order valence-electron chi connectivity index (χ3n) is 6.26. The maximum Gasteiger partial charge on any atom is 0.00385 e. The summed E-state index contributed by atoms with van der Waals surface area (Å²) in [6.45, 7) is 14.1. The minimum Gasteiger partial charge on any atom is -0.306 e. The van der Waals surface area contributed by atoms with Gasteiger partial charge in [-0.2, -0.15) is 0 Å². The maximum absolute atomic E-state index is 2.75. The first-order chi connectivity index (χ1) is 10.1. The Balaban J connectivity index is 1.36. The van der Waals surface area contributed by atoms with Gasteiger partial charge >= 0.3 is 0 Å². The number of hydrogen-bond acceptors (Lipinski definition) is 3. The van der Waals surface area contributed by atoms with Gasteiger partial charge in [-0.1, -0.05) is 0 Å². The number of likely N-dealkylation sites (tertiary alicyclic amines) is 3. The molecular weight excluding hydrogens is 258 g/mol. The second kappa shape index (κ2) is 6.97. The monoisotopic (exact) mass is 293 g/mol. The zero-order valence-corrected chi connectivity index (χ0v) is 14.4. The molecule has 3 saturated heterocycles. The Hall–Kier alpha value is -0.120. The van der Waals surface area contributed by atoms with Gasteiger partial charge in [0.15, 0.2) is 0 Å². The summed E-state index contributed by atoms with van der Waals surface area (Å²) in [5.74, 6) is 3.01. The molecule has 0 N–H and O–H groups in total. The smallest absolute Gasteiger partial charge is 0.00385 e. The SMILES string of the molecule is CC(C)N1CCC(C2CCN(CC3CN(C)C3)CC2)CC1. The molecular formula is C18H35N3. The topological polar surface area (TPSA) is 9.72 Å². The van der Waals surface area contributed by atoms with Crippen LogP contribution in [0.3, 0.4) is 0 Å². The van der Waals surface area contributed by atoms with Crippen LogP contribution in [0.5, 0.6) is 0 Å². The second-order valence-corrected chi connectivity index (χ2v) is 8.19. The quantitative estimate of drug-likeness (QED) is 0.788. The highest BCUT2D eigenvalue weighted by Gasteiger charge is 2.32. The fourth-order valence-electron chi connectivity index (χ4n) is 4.82. The molecule has 3 nitrogen and oxygen atoms in total. The Morgan fingerprint density at radius 2 is 1.38 bits per heavy atom. The molecule has 0 saturated carbocycles. The lowest BCUT2D eigenvalue weighted by Gasteiger charge is -2.44. The molecule has 0 bridgehead atoms. The van der Waals surface area contributed by atoms with E-state index in [1.165, 1.54) is 71.5 Å². The van der Waals surface area contributed by atoms with Gasteiger partial charge in [0.2, 0.25) is 0 Å².